The topological polar surface area (TPSA) is 95.0 Å². The van der Waals surface area contributed by atoms with Crippen LogP contribution in [0.3, 0.4) is 0 Å². The van der Waals surface area contributed by atoms with Gasteiger partial charge in [-0.15, -0.1) is 10.2 Å². The third-order valence-electron chi connectivity index (χ3n) is 4.66. The van der Waals surface area contributed by atoms with Gasteiger partial charge < -0.3 is 15.0 Å². The SMILES string of the molecule is Cc1ccc2nc(C3CCCN(c4ccc(C(=O)O)nn4)C3)[nH]c2c1. The van der Waals surface area contributed by atoms with Crippen molar-refractivity contribution in [3.05, 3.63) is 47.4 Å². The largest absolute Gasteiger partial charge is 0.476 e. The fourth-order valence-electron chi connectivity index (χ4n) is 3.35. The number of piperidine rings is 1. The summed E-state index contributed by atoms with van der Waals surface area (Å²) in [4.78, 5) is 21.2. The molecule has 3 heterocycles. The molecule has 1 aliphatic rings. The predicted octanol–water partition coefficient (Wildman–Crippen LogP) is 2.74. The Kier molecular flexibility index (Phi) is 3.83. The van der Waals surface area contributed by atoms with E-state index in [4.69, 9.17) is 10.1 Å². The summed E-state index contributed by atoms with van der Waals surface area (Å²) < 4.78 is 0. The Morgan fingerprint density at radius 3 is 2.92 bits per heavy atom. The zero-order valence-electron chi connectivity index (χ0n) is 13.9. The monoisotopic (exact) mass is 337 g/mol. The molecule has 0 amide bonds. The van der Waals surface area contributed by atoms with Crippen LogP contribution < -0.4 is 4.90 Å². The van der Waals surface area contributed by atoms with Gasteiger partial charge in [0.25, 0.3) is 0 Å². The van der Waals surface area contributed by atoms with Crippen molar-refractivity contribution >= 4 is 22.8 Å². The molecular weight excluding hydrogens is 318 g/mol. The van der Waals surface area contributed by atoms with E-state index < -0.39 is 5.97 Å². The van der Waals surface area contributed by atoms with Crippen molar-refractivity contribution in [2.24, 2.45) is 0 Å². The lowest BCUT2D eigenvalue weighted by atomic mass is 9.97. The third-order valence-corrected chi connectivity index (χ3v) is 4.66. The number of benzene rings is 1. The number of aromatic carboxylic acids is 1. The third kappa shape index (κ3) is 3.05. The zero-order valence-corrected chi connectivity index (χ0v) is 13.9. The van der Waals surface area contributed by atoms with Crippen LogP contribution in [-0.4, -0.2) is 44.3 Å². The smallest absolute Gasteiger partial charge is 0.356 e. The second kappa shape index (κ2) is 6.16. The number of hydrogen-bond acceptors (Lipinski definition) is 5. The Balaban J connectivity index is 1.56. The lowest BCUT2D eigenvalue weighted by molar-refractivity contribution is 0.0689. The van der Waals surface area contributed by atoms with E-state index in [0.29, 0.717) is 11.7 Å². The molecule has 1 atom stereocenters. The first-order valence-corrected chi connectivity index (χ1v) is 8.38. The van der Waals surface area contributed by atoms with Gasteiger partial charge in [0.1, 0.15) is 5.82 Å². The minimum atomic E-state index is -1.06. The number of aromatic nitrogens is 4. The maximum Gasteiger partial charge on any atom is 0.356 e. The minimum absolute atomic E-state index is 0.0371. The van der Waals surface area contributed by atoms with E-state index in [2.05, 4.69) is 39.1 Å². The molecule has 2 aromatic heterocycles. The molecule has 25 heavy (non-hydrogen) atoms. The van der Waals surface area contributed by atoms with Crippen molar-refractivity contribution in [2.75, 3.05) is 18.0 Å². The molecule has 1 aromatic carbocycles. The van der Waals surface area contributed by atoms with E-state index in [1.54, 1.807) is 6.07 Å². The molecule has 4 rings (SSSR count). The molecule has 7 heteroatoms. The highest BCUT2D eigenvalue weighted by Crippen LogP contribution is 2.29. The van der Waals surface area contributed by atoms with Gasteiger partial charge in [-0.1, -0.05) is 6.07 Å². The number of imidazole rings is 1. The average Bonchev–Trinajstić information content (AvgIpc) is 3.05. The van der Waals surface area contributed by atoms with Crippen LogP contribution in [0.1, 0.15) is 40.6 Å². The Labute approximate surface area is 144 Å². The molecule has 2 N–H and O–H groups in total. The number of carboxylic acids is 1. The minimum Gasteiger partial charge on any atom is -0.476 e. The normalized spacial score (nSPS) is 17.8. The molecule has 1 aliphatic heterocycles. The number of fused-ring (bicyclic) bond motifs is 1. The van der Waals surface area contributed by atoms with Crippen molar-refractivity contribution in [1.82, 2.24) is 20.2 Å². The molecule has 7 nitrogen and oxygen atoms in total. The quantitative estimate of drug-likeness (QED) is 0.763. The summed E-state index contributed by atoms with van der Waals surface area (Å²) in [5, 5.41) is 16.8. The number of hydrogen-bond donors (Lipinski definition) is 2. The maximum absolute atomic E-state index is 10.9. The summed E-state index contributed by atoms with van der Waals surface area (Å²) in [5.74, 6) is 0.942. The molecule has 0 radical (unpaired) electrons. The summed E-state index contributed by atoms with van der Waals surface area (Å²) in [5.41, 5.74) is 3.23. The number of aromatic amines is 1. The standard InChI is InChI=1S/C18H19N5O2/c1-11-4-5-13-15(9-11)20-17(19-13)12-3-2-8-23(10-12)16-7-6-14(18(24)25)21-22-16/h4-7,9,12H,2-3,8,10H2,1H3,(H,19,20)(H,24,25). The first-order chi connectivity index (χ1) is 12.1. The van der Waals surface area contributed by atoms with E-state index in [1.807, 2.05) is 6.07 Å². The van der Waals surface area contributed by atoms with Gasteiger partial charge in [0.15, 0.2) is 11.5 Å². The highest BCUT2D eigenvalue weighted by atomic mass is 16.4. The van der Waals surface area contributed by atoms with Gasteiger partial charge in [0, 0.05) is 19.0 Å². The van der Waals surface area contributed by atoms with Crippen LogP contribution in [0, 0.1) is 6.92 Å². The summed E-state index contributed by atoms with van der Waals surface area (Å²) in [6, 6.07) is 9.45. The van der Waals surface area contributed by atoms with Gasteiger partial charge in [-0.3, -0.25) is 0 Å². The first kappa shape index (κ1) is 15.6. The van der Waals surface area contributed by atoms with Gasteiger partial charge in [-0.05, 0) is 49.6 Å². The number of aryl methyl sites for hydroxylation is 1. The molecule has 0 bridgehead atoms. The molecule has 1 saturated heterocycles. The van der Waals surface area contributed by atoms with Crippen LogP contribution in [0.2, 0.25) is 0 Å². The number of nitrogens with zero attached hydrogens (tertiary/aromatic N) is 4. The van der Waals surface area contributed by atoms with Crippen molar-refractivity contribution in [2.45, 2.75) is 25.7 Å². The zero-order chi connectivity index (χ0) is 17.4. The highest BCUT2D eigenvalue weighted by Gasteiger charge is 2.25. The molecule has 0 spiro atoms. The lowest BCUT2D eigenvalue weighted by Crippen LogP contribution is -2.35. The van der Waals surface area contributed by atoms with Crippen molar-refractivity contribution in [3.63, 3.8) is 0 Å². The van der Waals surface area contributed by atoms with Gasteiger partial charge >= 0.3 is 5.97 Å². The summed E-state index contributed by atoms with van der Waals surface area (Å²) >= 11 is 0. The Morgan fingerprint density at radius 1 is 1.28 bits per heavy atom. The number of anilines is 1. The number of H-pyrrole nitrogens is 1. The van der Waals surface area contributed by atoms with E-state index in [9.17, 15) is 4.79 Å². The van der Waals surface area contributed by atoms with Crippen LogP contribution >= 0.6 is 0 Å². The van der Waals surface area contributed by atoms with Gasteiger partial charge in [-0.25, -0.2) is 9.78 Å². The van der Waals surface area contributed by atoms with Gasteiger partial charge in [0.2, 0.25) is 0 Å². The fraction of sp³-hybridized carbons (Fsp3) is 0.333. The van der Waals surface area contributed by atoms with Crippen LogP contribution in [0.15, 0.2) is 30.3 Å². The second-order valence-corrected chi connectivity index (χ2v) is 6.51. The molecule has 128 valence electrons. The van der Waals surface area contributed by atoms with Gasteiger partial charge in [0.05, 0.1) is 11.0 Å². The maximum atomic E-state index is 10.9. The molecule has 0 saturated carbocycles. The van der Waals surface area contributed by atoms with E-state index in [0.717, 1.165) is 42.8 Å². The molecule has 3 aromatic rings. The molecule has 1 unspecified atom stereocenters. The van der Waals surface area contributed by atoms with E-state index in [1.165, 1.54) is 11.6 Å². The predicted molar refractivity (Wildman–Crippen MR) is 94.0 cm³/mol. The first-order valence-electron chi connectivity index (χ1n) is 8.38. The fourth-order valence-corrected chi connectivity index (χ4v) is 3.35. The Hall–Kier alpha value is -2.96. The number of rotatable bonds is 3. The van der Waals surface area contributed by atoms with Crippen molar-refractivity contribution in [3.8, 4) is 0 Å². The summed E-state index contributed by atoms with van der Waals surface area (Å²) in [6.07, 6.45) is 2.10. The molecular formula is C18H19N5O2. The number of carboxylic acid groups (broad SMARTS) is 1. The average molecular weight is 337 g/mol. The Bertz CT molecular complexity index is 919. The highest BCUT2D eigenvalue weighted by molar-refractivity contribution is 5.85. The van der Waals surface area contributed by atoms with E-state index >= 15 is 0 Å². The van der Waals surface area contributed by atoms with Crippen LogP contribution in [0.4, 0.5) is 5.82 Å². The number of nitrogens with one attached hydrogen (secondary N) is 1. The molecule has 1 fully saturated rings. The van der Waals surface area contributed by atoms with Crippen LogP contribution in [-0.2, 0) is 0 Å². The van der Waals surface area contributed by atoms with Gasteiger partial charge in [-0.2, -0.15) is 0 Å². The summed E-state index contributed by atoms with van der Waals surface area (Å²) in [7, 11) is 0. The Morgan fingerprint density at radius 2 is 2.16 bits per heavy atom. The second-order valence-electron chi connectivity index (χ2n) is 6.51. The molecule has 0 aliphatic carbocycles. The van der Waals surface area contributed by atoms with E-state index in [-0.39, 0.29) is 5.69 Å². The van der Waals surface area contributed by atoms with Crippen LogP contribution in [0.5, 0.6) is 0 Å². The van der Waals surface area contributed by atoms with Crippen LogP contribution in [0.25, 0.3) is 11.0 Å². The van der Waals surface area contributed by atoms with Crippen molar-refractivity contribution < 1.29 is 9.90 Å². The lowest BCUT2D eigenvalue weighted by Gasteiger charge is -2.32. The summed E-state index contributed by atoms with van der Waals surface area (Å²) in [6.45, 7) is 3.75. The van der Waals surface area contributed by atoms with Crippen molar-refractivity contribution in [1.29, 1.82) is 0 Å². The number of carbonyl (C=O) groups is 1.